The first-order valence-corrected chi connectivity index (χ1v) is 6.94. The van der Waals surface area contributed by atoms with Gasteiger partial charge in [-0.2, -0.15) is 0 Å². The van der Waals surface area contributed by atoms with Gasteiger partial charge < -0.3 is 5.73 Å². The summed E-state index contributed by atoms with van der Waals surface area (Å²) in [6.07, 6.45) is 2.43. The van der Waals surface area contributed by atoms with Gasteiger partial charge in [0.15, 0.2) is 0 Å². The lowest BCUT2D eigenvalue weighted by molar-refractivity contribution is 0.578. The summed E-state index contributed by atoms with van der Waals surface area (Å²) >= 11 is 1.47. The summed E-state index contributed by atoms with van der Waals surface area (Å²) in [5.74, 6) is 0. The minimum Gasteiger partial charge on any atom is -0.330 e. The highest BCUT2D eigenvalue weighted by atomic mass is 32.1. The van der Waals surface area contributed by atoms with Gasteiger partial charge in [0.2, 0.25) is 0 Å². The third-order valence-electron chi connectivity index (χ3n) is 2.91. The topological polar surface area (TPSA) is 80.9 Å². The van der Waals surface area contributed by atoms with Crippen molar-refractivity contribution in [2.24, 2.45) is 5.73 Å². The van der Waals surface area contributed by atoms with Crippen molar-refractivity contribution in [2.75, 3.05) is 6.54 Å². The second-order valence-electron chi connectivity index (χ2n) is 4.19. The van der Waals surface area contributed by atoms with Crippen LogP contribution < -0.4 is 17.0 Å². The molecule has 0 fully saturated rings. The molecule has 5 nitrogen and oxygen atoms in total. The minimum absolute atomic E-state index is 0.193. The summed E-state index contributed by atoms with van der Waals surface area (Å²) in [5.41, 5.74) is 4.89. The van der Waals surface area contributed by atoms with Crippen molar-refractivity contribution < 1.29 is 0 Å². The molecule has 0 aliphatic carbocycles. The van der Waals surface area contributed by atoms with E-state index in [0.717, 1.165) is 24.1 Å². The Labute approximate surface area is 108 Å². The molecule has 0 amide bonds. The fourth-order valence-corrected chi connectivity index (χ4v) is 2.87. The van der Waals surface area contributed by atoms with Crippen molar-refractivity contribution in [3.8, 4) is 0 Å². The van der Waals surface area contributed by atoms with E-state index in [0.29, 0.717) is 23.3 Å². The predicted octanol–water partition coefficient (Wildman–Crippen LogP) is 1.05. The Balaban J connectivity index is 2.47. The molecule has 0 saturated heterocycles. The van der Waals surface area contributed by atoms with Crippen LogP contribution >= 0.6 is 11.3 Å². The molecule has 6 heteroatoms. The van der Waals surface area contributed by atoms with E-state index in [1.54, 1.807) is 0 Å². The van der Waals surface area contributed by atoms with E-state index in [2.05, 4.69) is 4.98 Å². The molecule has 98 valence electrons. The molecule has 0 spiro atoms. The zero-order valence-electron chi connectivity index (χ0n) is 10.4. The number of hydrogen-bond donors (Lipinski definition) is 2. The van der Waals surface area contributed by atoms with Crippen LogP contribution in [0.3, 0.4) is 0 Å². The quantitative estimate of drug-likeness (QED) is 0.795. The van der Waals surface area contributed by atoms with E-state index in [9.17, 15) is 9.59 Å². The summed E-state index contributed by atoms with van der Waals surface area (Å²) in [6.45, 7) is 3.04. The van der Waals surface area contributed by atoms with E-state index in [1.165, 1.54) is 15.9 Å². The number of nitrogens with one attached hydrogen (secondary N) is 1. The van der Waals surface area contributed by atoms with Gasteiger partial charge in [0.1, 0.15) is 4.83 Å². The van der Waals surface area contributed by atoms with Gasteiger partial charge >= 0.3 is 5.69 Å². The van der Waals surface area contributed by atoms with Gasteiger partial charge in [0.25, 0.3) is 5.56 Å². The molecule has 2 rings (SSSR count). The molecule has 3 N–H and O–H groups in total. The van der Waals surface area contributed by atoms with Gasteiger partial charge in [-0.1, -0.05) is 6.92 Å². The summed E-state index contributed by atoms with van der Waals surface area (Å²) in [4.78, 5) is 28.6. The van der Waals surface area contributed by atoms with Gasteiger partial charge in [-0.15, -0.1) is 11.3 Å². The van der Waals surface area contributed by atoms with Gasteiger partial charge in [-0.25, -0.2) is 4.79 Å². The van der Waals surface area contributed by atoms with Gasteiger partial charge in [-0.05, 0) is 31.9 Å². The van der Waals surface area contributed by atoms with E-state index in [4.69, 9.17) is 5.73 Å². The predicted molar refractivity (Wildman–Crippen MR) is 74.4 cm³/mol. The van der Waals surface area contributed by atoms with E-state index in [1.807, 2.05) is 13.0 Å². The number of aromatic nitrogens is 2. The maximum Gasteiger partial charge on any atom is 0.329 e. The number of hydrogen-bond acceptors (Lipinski definition) is 4. The molecule has 0 unspecified atom stereocenters. The minimum atomic E-state index is -0.325. The second kappa shape index (κ2) is 5.49. The largest absolute Gasteiger partial charge is 0.330 e. The third kappa shape index (κ3) is 2.39. The van der Waals surface area contributed by atoms with Crippen LogP contribution in [0, 0.1) is 0 Å². The number of nitrogens with zero attached hydrogens (tertiary/aromatic N) is 1. The van der Waals surface area contributed by atoms with Crippen LogP contribution in [0.4, 0.5) is 0 Å². The van der Waals surface area contributed by atoms with Crippen LogP contribution in [-0.2, 0) is 13.0 Å². The highest BCUT2D eigenvalue weighted by molar-refractivity contribution is 7.18. The summed E-state index contributed by atoms with van der Waals surface area (Å²) in [7, 11) is 0. The second-order valence-corrected chi connectivity index (χ2v) is 5.33. The first-order valence-electron chi connectivity index (χ1n) is 6.13. The zero-order valence-corrected chi connectivity index (χ0v) is 11.2. The molecule has 0 aromatic carbocycles. The van der Waals surface area contributed by atoms with Crippen molar-refractivity contribution >= 4 is 21.6 Å². The lowest BCUT2D eigenvalue weighted by Gasteiger charge is -2.03. The van der Waals surface area contributed by atoms with Gasteiger partial charge in [0, 0.05) is 11.4 Å². The Morgan fingerprint density at radius 2 is 2.17 bits per heavy atom. The molecule has 0 aliphatic heterocycles. The molecular formula is C12H17N3O2S. The number of unbranched alkanes of at least 4 members (excludes halogenated alkanes) is 1. The third-order valence-corrected chi connectivity index (χ3v) is 4.10. The molecule has 0 saturated carbocycles. The Kier molecular flexibility index (Phi) is 3.98. The standard InChI is InChI=1S/C12H17N3O2S/c1-2-8-7-9-10(18-8)14-12(17)15(11(9)16)6-4-3-5-13/h7H,2-6,13H2,1H3,(H,14,17). The van der Waals surface area contributed by atoms with Crippen molar-refractivity contribution in [3.05, 3.63) is 31.8 Å². The van der Waals surface area contributed by atoms with E-state index < -0.39 is 0 Å². The molecule has 2 aromatic rings. The molecule has 0 radical (unpaired) electrons. The van der Waals surface area contributed by atoms with Crippen molar-refractivity contribution in [2.45, 2.75) is 32.7 Å². The highest BCUT2D eigenvalue weighted by Crippen LogP contribution is 2.20. The SMILES string of the molecule is CCc1cc2c(=O)n(CCCCN)c(=O)[nH]c2s1. The molecule has 0 aliphatic rings. The number of H-pyrrole nitrogens is 1. The van der Waals surface area contributed by atoms with E-state index >= 15 is 0 Å². The Morgan fingerprint density at radius 3 is 2.83 bits per heavy atom. The lowest BCUT2D eigenvalue weighted by atomic mass is 10.3. The maximum atomic E-state index is 12.2. The van der Waals surface area contributed by atoms with Crippen LogP contribution in [0.15, 0.2) is 15.7 Å². The van der Waals surface area contributed by atoms with Crippen LogP contribution in [0.25, 0.3) is 10.2 Å². The molecule has 0 bridgehead atoms. The number of aromatic amines is 1. The van der Waals surface area contributed by atoms with Crippen LogP contribution in [0.5, 0.6) is 0 Å². The number of rotatable bonds is 5. The molecular weight excluding hydrogens is 250 g/mol. The summed E-state index contributed by atoms with van der Waals surface area (Å²) < 4.78 is 1.27. The molecule has 0 atom stereocenters. The summed E-state index contributed by atoms with van der Waals surface area (Å²) in [5, 5.41) is 0.615. The van der Waals surface area contributed by atoms with Gasteiger partial charge in [0.05, 0.1) is 5.39 Å². The molecule has 2 heterocycles. The van der Waals surface area contributed by atoms with Gasteiger partial charge in [-0.3, -0.25) is 14.3 Å². The number of aryl methyl sites for hydroxylation is 1. The number of fused-ring (bicyclic) bond motifs is 1. The lowest BCUT2D eigenvalue weighted by Crippen LogP contribution is -2.34. The number of thiophene rings is 1. The fraction of sp³-hybridized carbons (Fsp3) is 0.500. The Hall–Kier alpha value is -1.40. The zero-order chi connectivity index (χ0) is 13.1. The fourth-order valence-electron chi connectivity index (χ4n) is 1.89. The average molecular weight is 267 g/mol. The maximum absolute atomic E-state index is 12.2. The normalized spacial score (nSPS) is 11.2. The van der Waals surface area contributed by atoms with Crippen molar-refractivity contribution in [1.82, 2.24) is 9.55 Å². The van der Waals surface area contributed by atoms with Crippen molar-refractivity contribution in [3.63, 3.8) is 0 Å². The molecule has 2 aromatic heterocycles. The first kappa shape index (κ1) is 13.0. The Morgan fingerprint density at radius 1 is 1.39 bits per heavy atom. The van der Waals surface area contributed by atoms with E-state index in [-0.39, 0.29) is 11.2 Å². The average Bonchev–Trinajstić information content (AvgIpc) is 2.76. The first-order chi connectivity index (χ1) is 8.67. The molecule has 18 heavy (non-hydrogen) atoms. The Bertz CT molecular complexity index is 653. The van der Waals surface area contributed by atoms with Crippen LogP contribution in [0.2, 0.25) is 0 Å². The number of nitrogens with two attached hydrogens (primary N) is 1. The smallest absolute Gasteiger partial charge is 0.329 e. The summed E-state index contributed by atoms with van der Waals surface area (Å²) in [6, 6.07) is 1.87. The van der Waals surface area contributed by atoms with Crippen molar-refractivity contribution in [1.29, 1.82) is 0 Å². The van der Waals surface area contributed by atoms with Crippen LogP contribution in [0.1, 0.15) is 24.6 Å². The monoisotopic (exact) mass is 267 g/mol. The highest BCUT2D eigenvalue weighted by Gasteiger charge is 2.10. The van der Waals surface area contributed by atoms with Crippen LogP contribution in [-0.4, -0.2) is 16.1 Å².